The van der Waals surface area contributed by atoms with Crippen LogP contribution in [0.2, 0.25) is 0 Å². The van der Waals surface area contributed by atoms with Crippen LogP contribution in [0.25, 0.3) is 6.08 Å². The lowest BCUT2D eigenvalue weighted by molar-refractivity contribution is -0.374. The number of aliphatic hydroxyl groups excluding tert-OH is 14. The van der Waals surface area contributed by atoms with Gasteiger partial charge >= 0.3 is 11.9 Å². The maximum absolute atomic E-state index is 15.4. The van der Waals surface area contributed by atoms with Crippen LogP contribution in [0.15, 0.2) is 42.0 Å². The van der Waals surface area contributed by atoms with Gasteiger partial charge in [0.05, 0.1) is 51.3 Å². The summed E-state index contributed by atoms with van der Waals surface area (Å²) in [5.74, 6) is -1.30. The molecule has 32 atom stereocenters. The molecular formula is C68H104O28. The van der Waals surface area contributed by atoms with Crippen molar-refractivity contribution in [3.63, 3.8) is 0 Å². The van der Waals surface area contributed by atoms with Crippen LogP contribution in [0.3, 0.4) is 0 Å². The molecule has 5 heterocycles. The number of methoxy groups -OCH3 is 1. The average molecular weight is 1370 g/mol. The Bertz CT molecular complexity index is 2910. The number of fused-ring (bicyclic) bond motifs is 7. The molecular weight excluding hydrogens is 1260 g/mol. The number of hydrogen-bond donors (Lipinski definition) is 15. The summed E-state index contributed by atoms with van der Waals surface area (Å²) in [6, 6.07) is 7.22. The van der Waals surface area contributed by atoms with E-state index >= 15 is 4.79 Å². The molecule has 0 amide bonds. The van der Waals surface area contributed by atoms with E-state index in [4.69, 9.17) is 57.2 Å². The van der Waals surface area contributed by atoms with Crippen LogP contribution in [0.4, 0.5) is 0 Å². The zero-order valence-electron chi connectivity index (χ0n) is 56.2. The van der Waals surface area contributed by atoms with Gasteiger partial charge in [0, 0.05) is 11.6 Å². The summed E-state index contributed by atoms with van der Waals surface area (Å²) in [7, 11) is 1.55. The standard InChI is InChI=1S/C58H94O25.C10H10O3/c1-23-44(80-47-40(69)34(63)27(60)21-74-47)38(67)42(71)48(76-23)79-33-13-14-55(7)30(54(33,5)6)12-15-56(8)31(55)11-10-25-26-18-53(3,4)16-17-58(26,32(62)19-57(25,56)9)52(73)83-51-46(35(64)28(61)22-75-51)82-49-43(72)39(68)45(24(2)77-49)81-50-41(70)37(66)36(65)29(20-59)78-50;1-13-9-5-3-2-4-8(9)6-7-10(11)12/h10,23-24,26-51,59-72H,11-22H2,1-9H3;2-7H,1H3,(H,11,12). The molecule has 5 aliphatic carbocycles. The van der Waals surface area contributed by atoms with Gasteiger partial charge < -0.3 is 129 Å². The van der Waals surface area contributed by atoms with E-state index in [-0.39, 0.29) is 47.5 Å². The predicted molar refractivity (Wildman–Crippen MR) is 332 cm³/mol. The summed E-state index contributed by atoms with van der Waals surface area (Å²) in [4.78, 5) is 25.6. The van der Waals surface area contributed by atoms with Crippen molar-refractivity contribution in [2.45, 2.75) is 274 Å². The maximum atomic E-state index is 15.4. The molecule has 28 heteroatoms. The summed E-state index contributed by atoms with van der Waals surface area (Å²) < 4.78 is 64.6. The van der Waals surface area contributed by atoms with Gasteiger partial charge in [0.1, 0.15) is 103 Å². The predicted octanol–water partition coefficient (Wildman–Crippen LogP) is -0.114. The summed E-state index contributed by atoms with van der Waals surface area (Å²) in [5.41, 5.74) is -1.52. The summed E-state index contributed by atoms with van der Waals surface area (Å²) in [6.07, 6.45) is -26.7. The largest absolute Gasteiger partial charge is 0.496 e. The lowest BCUT2D eigenvalue weighted by Crippen LogP contribution is -2.68. The minimum atomic E-state index is -1.93. The van der Waals surface area contributed by atoms with Gasteiger partial charge in [-0.25, -0.2) is 4.79 Å². The van der Waals surface area contributed by atoms with Crippen LogP contribution in [-0.2, 0) is 57.0 Å². The first-order valence-corrected chi connectivity index (χ1v) is 33.7. The number of benzene rings is 1. The second kappa shape index (κ2) is 28.7. The molecule has 5 aliphatic heterocycles. The van der Waals surface area contributed by atoms with Crippen LogP contribution in [-0.4, -0.2) is 269 Å². The molecule has 15 N–H and O–H groups in total. The summed E-state index contributed by atoms with van der Waals surface area (Å²) in [6.45, 7) is 17.2. The van der Waals surface area contributed by atoms with Gasteiger partial charge in [0.25, 0.3) is 0 Å². The minimum absolute atomic E-state index is 0.129. The first-order valence-electron chi connectivity index (χ1n) is 33.7. The number of rotatable bonds is 14. The highest BCUT2D eigenvalue weighted by molar-refractivity contribution is 5.86. The Labute approximate surface area is 558 Å². The third-order valence-corrected chi connectivity index (χ3v) is 24.2. The van der Waals surface area contributed by atoms with Gasteiger partial charge in [-0.15, -0.1) is 0 Å². The Morgan fingerprint density at radius 1 is 0.594 bits per heavy atom. The van der Waals surface area contributed by atoms with Crippen LogP contribution < -0.4 is 4.74 Å². The molecule has 0 spiro atoms. The van der Waals surface area contributed by atoms with E-state index in [1.54, 1.807) is 26.2 Å². The van der Waals surface area contributed by atoms with Gasteiger partial charge in [0.2, 0.25) is 6.29 Å². The van der Waals surface area contributed by atoms with Gasteiger partial charge in [-0.05, 0) is 129 Å². The quantitative estimate of drug-likeness (QED) is 0.0500. The van der Waals surface area contributed by atoms with E-state index in [1.165, 1.54) is 13.0 Å². The number of carboxylic acid groups (broad SMARTS) is 1. The molecule has 0 aromatic heterocycles. The van der Waals surface area contributed by atoms with Crippen molar-refractivity contribution >= 4 is 18.0 Å². The molecule has 544 valence electrons. The fraction of sp³-hybridized carbons (Fsp3) is 0.824. The molecule has 28 nitrogen and oxygen atoms in total. The Morgan fingerprint density at radius 3 is 1.78 bits per heavy atom. The lowest BCUT2D eigenvalue weighted by atomic mass is 9.33. The Balaban J connectivity index is 0.000000690. The van der Waals surface area contributed by atoms with Crippen LogP contribution in [0.5, 0.6) is 5.75 Å². The van der Waals surface area contributed by atoms with Gasteiger partial charge in [-0.1, -0.05) is 78.3 Å². The molecule has 32 unspecified atom stereocenters. The molecule has 5 saturated heterocycles. The minimum Gasteiger partial charge on any atom is -0.496 e. The van der Waals surface area contributed by atoms with Crippen LogP contribution in [0, 0.1) is 50.2 Å². The van der Waals surface area contributed by atoms with Crippen molar-refractivity contribution in [3.05, 3.63) is 47.6 Å². The topological polar surface area (TPSA) is 439 Å². The number of esters is 1. The summed E-state index contributed by atoms with van der Waals surface area (Å²) in [5, 5.41) is 161. The molecule has 9 fully saturated rings. The fourth-order valence-electron chi connectivity index (χ4n) is 18.4. The van der Waals surface area contributed by atoms with Gasteiger partial charge in [-0.3, -0.25) is 4.79 Å². The van der Waals surface area contributed by atoms with Crippen molar-refractivity contribution in [2.24, 2.45) is 50.2 Å². The van der Waals surface area contributed by atoms with Gasteiger partial charge in [0.15, 0.2) is 31.3 Å². The fourth-order valence-corrected chi connectivity index (χ4v) is 18.4. The lowest BCUT2D eigenvalue weighted by Gasteiger charge is -2.71. The highest BCUT2D eigenvalue weighted by Gasteiger charge is 2.72. The van der Waals surface area contributed by atoms with Crippen molar-refractivity contribution in [3.8, 4) is 5.75 Å². The first kappa shape index (κ1) is 75.2. The molecule has 1 aromatic rings. The second-order valence-electron chi connectivity index (χ2n) is 30.7. The monoisotopic (exact) mass is 1370 g/mol. The van der Waals surface area contributed by atoms with E-state index in [0.717, 1.165) is 36.5 Å². The van der Waals surface area contributed by atoms with Crippen molar-refractivity contribution in [1.82, 2.24) is 0 Å². The normalized spacial score (nSPS) is 49.1. The third-order valence-electron chi connectivity index (χ3n) is 24.2. The second-order valence-corrected chi connectivity index (χ2v) is 30.7. The van der Waals surface area contributed by atoms with E-state index in [0.29, 0.717) is 31.4 Å². The zero-order chi connectivity index (χ0) is 70.3. The maximum Gasteiger partial charge on any atom is 0.328 e. The Kier molecular flexibility index (Phi) is 22.5. The summed E-state index contributed by atoms with van der Waals surface area (Å²) >= 11 is 0. The SMILES string of the molecule is CC1OC(OC2CCC3(C)C(CCC4(C)C3CC=C3C5CC(C)(C)CCC5(C(=O)OC5OCC(O)C(O)C5OC5OC(C)C(OC6OC(CO)C(O)C(O)C6O)C(O)C5O)C(O)CC34C)C2(C)C)C(O)C(O)C1OC1OCC(O)C(O)C1O.COc1ccccc1C=CC(=O)O. The number of para-hydroxylation sites is 1. The van der Waals surface area contributed by atoms with E-state index < -0.39 is 201 Å². The number of carbonyl (C=O) groups is 2. The number of carbonyl (C=O) groups excluding carboxylic acids is 1. The van der Waals surface area contributed by atoms with Crippen LogP contribution in [0.1, 0.15) is 126 Å². The average Bonchev–Trinajstić information content (AvgIpc) is 0.673. The third kappa shape index (κ3) is 13.5. The number of aliphatic carboxylic acids is 1. The molecule has 10 aliphatic rings. The number of carboxylic acids is 1. The Hall–Kier alpha value is -3.48. The number of ether oxygens (including phenoxy) is 11. The molecule has 11 rings (SSSR count). The smallest absolute Gasteiger partial charge is 0.328 e. The highest BCUT2D eigenvalue weighted by atomic mass is 16.8. The van der Waals surface area contributed by atoms with Crippen molar-refractivity contribution < 1.29 is 138 Å². The van der Waals surface area contributed by atoms with Crippen molar-refractivity contribution in [1.29, 1.82) is 0 Å². The van der Waals surface area contributed by atoms with Crippen LogP contribution >= 0.6 is 0 Å². The molecule has 0 bridgehead atoms. The zero-order valence-corrected chi connectivity index (χ0v) is 56.2. The molecule has 0 radical (unpaired) electrons. The molecule has 1 aromatic carbocycles. The first-order chi connectivity index (χ1) is 45.0. The number of allylic oxidation sites excluding steroid dienone is 2. The van der Waals surface area contributed by atoms with Gasteiger partial charge in [-0.2, -0.15) is 0 Å². The number of aliphatic hydroxyl groups is 14. The number of hydrogen-bond acceptors (Lipinski definition) is 27. The van der Waals surface area contributed by atoms with E-state index in [1.807, 2.05) is 12.1 Å². The van der Waals surface area contributed by atoms with E-state index in [2.05, 4.69) is 54.5 Å². The highest BCUT2D eigenvalue weighted by Crippen LogP contribution is 2.76. The van der Waals surface area contributed by atoms with Crippen molar-refractivity contribution in [2.75, 3.05) is 26.9 Å². The molecule has 96 heavy (non-hydrogen) atoms. The molecule has 4 saturated carbocycles. The Morgan fingerprint density at radius 2 is 1.16 bits per heavy atom. The van der Waals surface area contributed by atoms with E-state index in [9.17, 15) is 76.3 Å².